The van der Waals surface area contributed by atoms with Crippen molar-refractivity contribution in [3.05, 3.63) is 142 Å². The number of rotatable bonds is 9. The maximum Gasteiger partial charge on any atom is 0.261 e. The predicted molar refractivity (Wildman–Crippen MR) is 174 cm³/mol. The molecule has 8 nitrogen and oxygen atoms in total. The molecule has 0 saturated carbocycles. The van der Waals surface area contributed by atoms with Crippen LogP contribution in [-0.4, -0.2) is 70.4 Å². The van der Waals surface area contributed by atoms with Crippen molar-refractivity contribution >= 4 is 11.8 Å². The van der Waals surface area contributed by atoms with E-state index in [1.165, 1.54) is 10.5 Å². The molecule has 0 radical (unpaired) electrons. The first-order valence-electron chi connectivity index (χ1n) is 16.1. The lowest BCUT2D eigenvalue weighted by Crippen LogP contribution is -2.49. The summed E-state index contributed by atoms with van der Waals surface area (Å²) in [7, 11) is 0. The first-order valence-corrected chi connectivity index (χ1v) is 16.1. The van der Waals surface area contributed by atoms with Crippen molar-refractivity contribution in [2.24, 2.45) is 0 Å². The van der Waals surface area contributed by atoms with E-state index in [4.69, 9.17) is 9.47 Å². The van der Waals surface area contributed by atoms with Crippen molar-refractivity contribution in [3.63, 3.8) is 0 Å². The van der Waals surface area contributed by atoms with Crippen LogP contribution in [0.15, 0.2) is 103 Å². The Balaban J connectivity index is 1.02. The first-order chi connectivity index (χ1) is 22.5. The molecule has 0 aromatic heterocycles. The van der Waals surface area contributed by atoms with Crippen LogP contribution in [0.5, 0.6) is 0 Å². The molecule has 4 aromatic carbocycles. The van der Waals surface area contributed by atoms with Gasteiger partial charge in [-0.05, 0) is 34.4 Å². The van der Waals surface area contributed by atoms with Gasteiger partial charge in [-0.25, -0.2) is 0 Å². The van der Waals surface area contributed by atoms with E-state index in [-0.39, 0.29) is 37.2 Å². The molecule has 3 aliphatic heterocycles. The van der Waals surface area contributed by atoms with Crippen LogP contribution in [0.25, 0.3) is 0 Å². The Bertz CT molecular complexity index is 1620. The number of piperazine rings is 1. The van der Waals surface area contributed by atoms with Gasteiger partial charge in [-0.2, -0.15) is 0 Å². The minimum Gasteiger partial charge on any atom is -0.392 e. The minimum absolute atomic E-state index is 0.00345. The number of aliphatic hydroxyl groups is 1. The van der Waals surface area contributed by atoms with Gasteiger partial charge in [0.2, 0.25) is 0 Å². The minimum atomic E-state index is -0.561. The number of aliphatic hydroxyl groups excluding tert-OH is 1. The van der Waals surface area contributed by atoms with Gasteiger partial charge in [-0.3, -0.25) is 24.3 Å². The van der Waals surface area contributed by atoms with Crippen molar-refractivity contribution < 1.29 is 24.2 Å². The summed E-state index contributed by atoms with van der Waals surface area (Å²) in [6, 6.07) is 33.3. The highest BCUT2D eigenvalue weighted by molar-refractivity contribution is 6.21. The maximum absolute atomic E-state index is 12.9. The second-order valence-corrected chi connectivity index (χ2v) is 12.4. The molecule has 3 aliphatic rings. The van der Waals surface area contributed by atoms with Crippen LogP contribution in [0.1, 0.15) is 67.3 Å². The van der Waals surface area contributed by atoms with Crippen molar-refractivity contribution in [3.8, 4) is 0 Å². The fraction of sp³-hybridized carbons (Fsp3) is 0.316. The van der Waals surface area contributed by atoms with E-state index in [1.807, 2.05) is 48.5 Å². The molecule has 8 heteroatoms. The van der Waals surface area contributed by atoms with Gasteiger partial charge in [0.05, 0.1) is 36.5 Å². The molecule has 2 amide bonds. The second kappa shape index (κ2) is 13.7. The van der Waals surface area contributed by atoms with Gasteiger partial charge in [-0.15, -0.1) is 0 Å². The third-order valence-corrected chi connectivity index (χ3v) is 9.26. The standard InChI is InChI=1S/C38H39N3O5/c42-26-29-12-14-30(15-13-29)35-22-32(25-40-20-18-39(19-21-40)23-27-6-2-1-3-7-27)45-38(46-35)31-16-10-28(11-17-31)24-41-36(43)33-8-4-5-9-34(33)37(41)44/h1-17,32,35,38,42H,18-26H2/t32-,35+,38+/m0/s1. The van der Waals surface area contributed by atoms with Crippen LogP contribution in [0.3, 0.4) is 0 Å². The number of nitrogens with zero attached hydrogens (tertiary/aromatic N) is 3. The van der Waals surface area contributed by atoms with Gasteiger partial charge < -0.3 is 14.6 Å². The maximum atomic E-state index is 12.9. The van der Waals surface area contributed by atoms with Crippen LogP contribution in [0.4, 0.5) is 0 Å². The summed E-state index contributed by atoms with van der Waals surface area (Å²) in [5, 5.41) is 9.54. The summed E-state index contributed by atoms with van der Waals surface area (Å²) in [5.41, 5.74) is 5.92. The third kappa shape index (κ3) is 6.67. The Kier molecular flexibility index (Phi) is 9.05. The molecule has 0 unspecified atom stereocenters. The molecule has 46 heavy (non-hydrogen) atoms. The largest absolute Gasteiger partial charge is 0.392 e. The van der Waals surface area contributed by atoms with Gasteiger partial charge in [-0.1, -0.05) is 91.0 Å². The smallest absolute Gasteiger partial charge is 0.261 e. The van der Waals surface area contributed by atoms with Gasteiger partial charge in [0.1, 0.15) is 0 Å². The molecule has 4 aromatic rings. The summed E-state index contributed by atoms with van der Waals surface area (Å²) in [5.74, 6) is -0.523. The Morgan fingerprint density at radius 1 is 0.609 bits per heavy atom. The van der Waals surface area contributed by atoms with Crippen molar-refractivity contribution in [1.29, 1.82) is 0 Å². The molecule has 0 spiro atoms. The van der Waals surface area contributed by atoms with E-state index >= 15 is 0 Å². The van der Waals surface area contributed by atoms with E-state index < -0.39 is 6.29 Å². The topological polar surface area (TPSA) is 82.6 Å². The highest BCUT2D eigenvalue weighted by Crippen LogP contribution is 2.38. The normalized spacial score (nSPS) is 22.3. The van der Waals surface area contributed by atoms with Crippen molar-refractivity contribution in [2.75, 3.05) is 32.7 Å². The fourth-order valence-corrected chi connectivity index (χ4v) is 6.64. The van der Waals surface area contributed by atoms with E-state index in [0.29, 0.717) is 11.1 Å². The quantitative estimate of drug-likeness (QED) is 0.254. The SMILES string of the molecule is O=C1c2ccccc2C(=O)N1Cc1ccc([C@@H]2O[C@H](CN3CCN(Cc4ccccc4)CC3)C[C@H](c3ccc(CO)cc3)O2)cc1. The molecule has 2 fully saturated rings. The molecule has 0 bridgehead atoms. The molecule has 3 atom stereocenters. The summed E-state index contributed by atoms with van der Waals surface area (Å²) in [6.07, 6.45) is -0.0142. The highest BCUT2D eigenvalue weighted by atomic mass is 16.7. The third-order valence-electron chi connectivity index (χ3n) is 9.26. The Hall–Kier alpha value is -4.18. The molecule has 2 saturated heterocycles. The Labute approximate surface area is 269 Å². The molecular weight excluding hydrogens is 578 g/mol. The van der Waals surface area contributed by atoms with Crippen LogP contribution in [-0.2, 0) is 29.2 Å². The summed E-state index contributed by atoms with van der Waals surface area (Å²) >= 11 is 0. The monoisotopic (exact) mass is 617 g/mol. The molecule has 7 rings (SSSR count). The van der Waals surface area contributed by atoms with E-state index in [2.05, 4.69) is 40.1 Å². The zero-order valence-corrected chi connectivity index (χ0v) is 25.8. The van der Waals surface area contributed by atoms with E-state index in [0.717, 1.165) is 67.9 Å². The summed E-state index contributed by atoms with van der Waals surface area (Å²) in [6.45, 7) is 6.01. The van der Waals surface area contributed by atoms with Gasteiger partial charge >= 0.3 is 0 Å². The lowest BCUT2D eigenvalue weighted by molar-refractivity contribution is -0.253. The van der Waals surface area contributed by atoms with Crippen LogP contribution in [0, 0.1) is 0 Å². The van der Waals surface area contributed by atoms with Crippen LogP contribution >= 0.6 is 0 Å². The average molecular weight is 618 g/mol. The number of imide groups is 1. The van der Waals surface area contributed by atoms with Gasteiger partial charge in [0, 0.05) is 51.3 Å². The number of carbonyl (C=O) groups is 2. The van der Waals surface area contributed by atoms with E-state index in [9.17, 15) is 14.7 Å². The van der Waals surface area contributed by atoms with Crippen LogP contribution < -0.4 is 0 Å². The average Bonchev–Trinajstić information content (AvgIpc) is 3.34. The fourth-order valence-electron chi connectivity index (χ4n) is 6.64. The molecule has 0 aliphatic carbocycles. The zero-order chi connectivity index (χ0) is 31.5. The Morgan fingerprint density at radius 3 is 1.83 bits per heavy atom. The zero-order valence-electron chi connectivity index (χ0n) is 25.8. The Morgan fingerprint density at radius 2 is 1.17 bits per heavy atom. The number of fused-ring (bicyclic) bond motifs is 1. The van der Waals surface area contributed by atoms with Crippen LogP contribution in [0.2, 0.25) is 0 Å². The first kappa shape index (κ1) is 30.5. The molecule has 3 heterocycles. The van der Waals surface area contributed by atoms with Crippen molar-refractivity contribution in [2.45, 2.75) is 44.6 Å². The number of hydrogen-bond donors (Lipinski definition) is 1. The highest BCUT2D eigenvalue weighted by Gasteiger charge is 2.36. The lowest BCUT2D eigenvalue weighted by atomic mass is 9.99. The summed E-state index contributed by atoms with van der Waals surface area (Å²) in [4.78, 5) is 32.1. The molecule has 236 valence electrons. The number of amides is 2. The summed E-state index contributed by atoms with van der Waals surface area (Å²) < 4.78 is 13.2. The number of benzene rings is 4. The molecule has 1 N–H and O–H groups in total. The van der Waals surface area contributed by atoms with Gasteiger partial charge in [0.15, 0.2) is 6.29 Å². The number of hydrogen-bond acceptors (Lipinski definition) is 7. The van der Waals surface area contributed by atoms with E-state index in [1.54, 1.807) is 24.3 Å². The molecular formula is C38H39N3O5. The second-order valence-electron chi connectivity index (χ2n) is 12.4. The lowest BCUT2D eigenvalue weighted by Gasteiger charge is -2.40. The predicted octanol–water partition coefficient (Wildman–Crippen LogP) is 5.34. The van der Waals surface area contributed by atoms with Crippen molar-refractivity contribution in [1.82, 2.24) is 14.7 Å². The number of carbonyl (C=O) groups excluding carboxylic acids is 2. The van der Waals surface area contributed by atoms with Gasteiger partial charge in [0.25, 0.3) is 11.8 Å². The number of ether oxygens (including phenoxy) is 2.